The fraction of sp³-hybridized carbons (Fsp3) is 0.667. The first-order valence-corrected chi connectivity index (χ1v) is 8.24. The molecular formula is C18H29NO2. The number of fused-ring (bicyclic) bond motifs is 1. The lowest BCUT2D eigenvalue weighted by molar-refractivity contribution is 0.0321. The minimum absolute atomic E-state index is 0.145. The average molecular weight is 291 g/mol. The molecule has 0 aliphatic heterocycles. The quantitative estimate of drug-likeness (QED) is 0.723. The van der Waals surface area contributed by atoms with Crippen molar-refractivity contribution < 1.29 is 9.84 Å². The number of benzene rings is 1. The third kappa shape index (κ3) is 4.06. The molecule has 1 aromatic rings. The van der Waals surface area contributed by atoms with E-state index >= 15 is 0 Å². The molecule has 0 bridgehead atoms. The second-order valence-electron chi connectivity index (χ2n) is 6.10. The Morgan fingerprint density at radius 1 is 1.38 bits per heavy atom. The van der Waals surface area contributed by atoms with E-state index in [1.807, 2.05) is 7.05 Å². The number of aryl methyl sites for hydroxylation is 1. The number of hydrogen-bond acceptors (Lipinski definition) is 3. The van der Waals surface area contributed by atoms with Crippen molar-refractivity contribution >= 4 is 0 Å². The van der Waals surface area contributed by atoms with Gasteiger partial charge in [-0.05, 0) is 56.7 Å². The maximum absolute atomic E-state index is 9.55. The number of aliphatic hydroxyl groups excluding tert-OH is 1. The Morgan fingerprint density at radius 3 is 2.90 bits per heavy atom. The van der Waals surface area contributed by atoms with Crippen LogP contribution in [0.3, 0.4) is 0 Å². The molecule has 3 nitrogen and oxygen atoms in total. The first-order valence-electron chi connectivity index (χ1n) is 8.24. The SMILES string of the molecule is CCC(CO)(CCCOC1CCCc2ccccc21)NC. The maximum Gasteiger partial charge on any atom is 0.0827 e. The minimum Gasteiger partial charge on any atom is -0.394 e. The molecule has 2 N–H and O–H groups in total. The van der Waals surface area contributed by atoms with Crippen molar-refractivity contribution in [3.63, 3.8) is 0 Å². The second kappa shape index (κ2) is 7.92. The summed E-state index contributed by atoms with van der Waals surface area (Å²) >= 11 is 0. The van der Waals surface area contributed by atoms with Gasteiger partial charge in [0.2, 0.25) is 0 Å². The van der Waals surface area contributed by atoms with Gasteiger partial charge in [-0.3, -0.25) is 0 Å². The largest absolute Gasteiger partial charge is 0.394 e. The third-order valence-corrected chi connectivity index (χ3v) is 4.94. The number of nitrogens with one attached hydrogen (secondary N) is 1. The van der Waals surface area contributed by atoms with Gasteiger partial charge < -0.3 is 15.2 Å². The zero-order valence-electron chi connectivity index (χ0n) is 13.4. The van der Waals surface area contributed by atoms with E-state index < -0.39 is 0 Å². The Morgan fingerprint density at radius 2 is 2.19 bits per heavy atom. The standard InChI is InChI=1S/C18H29NO2/c1-3-18(14-20,19-2)12-7-13-21-17-11-6-9-15-8-4-5-10-16(15)17/h4-5,8,10,17,19-20H,3,6-7,9,11-14H2,1-2H3. The van der Waals surface area contributed by atoms with Gasteiger partial charge in [-0.25, -0.2) is 0 Å². The van der Waals surface area contributed by atoms with E-state index in [0.717, 1.165) is 32.3 Å². The fourth-order valence-corrected chi connectivity index (χ4v) is 3.27. The van der Waals surface area contributed by atoms with Crippen LogP contribution in [0, 0.1) is 0 Å². The molecule has 0 aromatic heterocycles. The highest BCUT2D eigenvalue weighted by Crippen LogP contribution is 2.32. The van der Waals surface area contributed by atoms with Crippen molar-refractivity contribution in [2.75, 3.05) is 20.3 Å². The van der Waals surface area contributed by atoms with Crippen molar-refractivity contribution in [3.05, 3.63) is 35.4 Å². The predicted octanol–water partition coefficient (Wildman–Crippen LogP) is 3.22. The molecule has 21 heavy (non-hydrogen) atoms. The van der Waals surface area contributed by atoms with E-state index in [0.29, 0.717) is 0 Å². The summed E-state index contributed by atoms with van der Waals surface area (Å²) in [6.45, 7) is 3.07. The van der Waals surface area contributed by atoms with E-state index in [-0.39, 0.29) is 18.2 Å². The topological polar surface area (TPSA) is 41.5 Å². The molecule has 2 unspecified atom stereocenters. The lowest BCUT2D eigenvalue weighted by Gasteiger charge is -2.31. The molecule has 0 heterocycles. The highest BCUT2D eigenvalue weighted by Gasteiger charge is 2.25. The Kier molecular flexibility index (Phi) is 6.22. The molecule has 3 heteroatoms. The second-order valence-corrected chi connectivity index (χ2v) is 6.10. The van der Waals surface area contributed by atoms with Gasteiger partial charge in [0, 0.05) is 12.1 Å². The van der Waals surface area contributed by atoms with Crippen molar-refractivity contribution in [3.8, 4) is 0 Å². The number of likely N-dealkylation sites (N-methyl/N-ethyl adjacent to an activating group) is 1. The Hall–Kier alpha value is -0.900. The van der Waals surface area contributed by atoms with Gasteiger partial charge in [0.05, 0.1) is 12.7 Å². The summed E-state index contributed by atoms with van der Waals surface area (Å²) in [6.07, 6.45) is 6.65. The summed E-state index contributed by atoms with van der Waals surface area (Å²) in [6, 6.07) is 8.65. The van der Waals surface area contributed by atoms with Crippen LogP contribution in [0.5, 0.6) is 0 Å². The molecule has 1 aliphatic rings. The van der Waals surface area contributed by atoms with E-state index in [1.165, 1.54) is 24.0 Å². The zero-order chi connectivity index (χ0) is 15.1. The average Bonchev–Trinajstić information content (AvgIpc) is 2.56. The Balaban J connectivity index is 1.82. The molecule has 0 amide bonds. The summed E-state index contributed by atoms with van der Waals surface area (Å²) in [7, 11) is 1.93. The van der Waals surface area contributed by atoms with Gasteiger partial charge in [-0.15, -0.1) is 0 Å². The summed E-state index contributed by atoms with van der Waals surface area (Å²) in [5, 5.41) is 12.8. The first-order chi connectivity index (χ1) is 10.2. The maximum atomic E-state index is 9.55. The highest BCUT2D eigenvalue weighted by molar-refractivity contribution is 5.31. The number of ether oxygens (including phenoxy) is 1. The molecule has 0 saturated carbocycles. The van der Waals surface area contributed by atoms with Gasteiger partial charge in [-0.2, -0.15) is 0 Å². The predicted molar refractivity (Wildman–Crippen MR) is 86.5 cm³/mol. The zero-order valence-corrected chi connectivity index (χ0v) is 13.4. The minimum atomic E-state index is -0.145. The normalized spacial score (nSPS) is 20.8. The number of hydrogen-bond donors (Lipinski definition) is 2. The molecular weight excluding hydrogens is 262 g/mol. The smallest absolute Gasteiger partial charge is 0.0827 e. The van der Waals surface area contributed by atoms with E-state index in [1.54, 1.807) is 0 Å². The monoisotopic (exact) mass is 291 g/mol. The van der Waals surface area contributed by atoms with Crippen LogP contribution in [0.15, 0.2) is 24.3 Å². The van der Waals surface area contributed by atoms with Crippen LogP contribution >= 0.6 is 0 Å². The Bertz CT molecular complexity index is 421. The summed E-state index contributed by atoms with van der Waals surface area (Å²) in [4.78, 5) is 0. The van der Waals surface area contributed by atoms with Crippen LogP contribution in [0.4, 0.5) is 0 Å². The van der Waals surface area contributed by atoms with Crippen LogP contribution in [0.1, 0.15) is 56.3 Å². The molecule has 0 saturated heterocycles. The third-order valence-electron chi connectivity index (χ3n) is 4.94. The molecule has 0 radical (unpaired) electrons. The number of rotatable bonds is 8. The van der Waals surface area contributed by atoms with Crippen molar-refractivity contribution in [1.82, 2.24) is 5.32 Å². The summed E-state index contributed by atoms with van der Waals surface area (Å²) in [5.74, 6) is 0. The van der Waals surface area contributed by atoms with Crippen LogP contribution < -0.4 is 5.32 Å². The highest BCUT2D eigenvalue weighted by atomic mass is 16.5. The van der Waals surface area contributed by atoms with Crippen LogP contribution in [-0.2, 0) is 11.2 Å². The van der Waals surface area contributed by atoms with E-state index in [2.05, 4.69) is 36.5 Å². The summed E-state index contributed by atoms with van der Waals surface area (Å²) in [5.41, 5.74) is 2.68. The van der Waals surface area contributed by atoms with Crippen molar-refractivity contribution in [1.29, 1.82) is 0 Å². The van der Waals surface area contributed by atoms with Gasteiger partial charge in [0.25, 0.3) is 0 Å². The van der Waals surface area contributed by atoms with Crippen LogP contribution in [0.25, 0.3) is 0 Å². The van der Waals surface area contributed by atoms with Gasteiger partial charge in [0.1, 0.15) is 0 Å². The molecule has 0 spiro atoms. The van der Waals surface area contributed by atoms with Crippen LogP contribution in [-0.4, -0.2) is 30.9 Å². The fourth-order valence-electron chi connectivity index (χ4n) is 3.27. The van der Waals surface area contributed by atoms with Crippen molar-refractivity contribution in [2.45, 2.75) is 57.1 Å². The Labute approximate surface area is 128 Å². The molecule has 1 aliphatic carbocycles. The molecule has 1 aromatic carbocycles. The van der Waals surface area contributed by atoms with Crippen LogP contribution in [0.2, 0.25) is 0 Å². The summed E-state index contributed by atoms with van der Waals surface area (Å²) < 4.78 is 6.13. The van der Waals surface area contributed by atoms with Crippen molar-refractivity contribution in [2.24, 2.45) is 0 Å². The molecule has 118 valence electrons. The van der Waals surface area contributed by atoms with E-state index in [4.69, 9.17) is 4.74 Å². The van der Waals surface area contributed by atoms with Gasteiger partial charge >= 0.3 is 0 Å². The number of aliphatic hydroxyl groups is 1. The molecule has 2 rings (SSSR count). The van der Waals surface area contributed by atoms with E-state index in [9.17, 15) is 5.11 Å². The lowest BCUT2D eigenvalue weighted by Crippen LogP contribution is -2.46. The lowest BCUT2D eigenvalue weighted by atomic mass is 9.89. The van der Waals surface area contributed by atoms with Gasteiger partial charge in [0.15, 0.2) is 0 Å². The first kappa shape index (κ1) is 16.5. The molecule has 2 atom stereocenters. The van der Waals surface area contributed by atoms with Gasteiger partial charge in [-0.1, -0.05) is 31.2 Å². The molecule has 0 fully saturated rings.